The van der Waals surface area contributed by atoms with Crippen LogP contribution in [0.15, 0.2) is 48.8 Å². The van der Waals surface area contributed by atoms with E-state index in [1.165, 1.54) is 5.56 Å². The molecule has 0 atom stereocenters. The van der Waals surface area contributed by atoms with Crippen molar-refractivity contribution in [3.63, 3.8) is 0 Å². The minimum absolute atomic E-state index is 0.0283. The van der Waals surface area contributed by atoms with Gasteiger partial charge in [-0.05, 0) is 34.7 Å². The summed E-state index contributed by atoms with van der Waals surface area (Å²) in [5.41, 5.74) is 2.54. The highest BCUT2D eigenvalue weighted by Crippen LogP contribution is 2.24. The van der Waals surface area contributed by atoms with Gasteiger partial charge in [0.05, 0.1) is 12.3 Å². The van der Waals surface area contributed by atoms with E-state index in [9.17, 15) is 4.79 Å². The maximum atomic E-state index is 11.8. The Hall–Kier alpha value is -2.01. The molecule has 1 heterocycles. The van der Waals surface area contributed by atoms with Gasteiger partial charge < -0.3 is 10.1 Å². The molecule has 1 amide bonds. The van der Waals surface area contributed by atoms with E-state index >= 15 is 0 Å². The van der Waals surface area contributed by atoms with E-state index in [1.807, 2.05) is 30.5 Å². The zero-order chi connectivity index (χ0) is 18.1. The summed E-state index contributed by atoms with van der Waals surface area (Å²) in [5, 5.41) is 2.87. The molecule has 5 heteroatoms. The second kappa shape index (κ2) is 9.47. The molecule has 0 unspecified atom stereocenters. The van der Waals surface area contributed by atoms with Crippen LogP contribution in [-0.2, 0) is 16.0 Å². The van der Waals surface area contributed by atoms with Crippen LogP contribution in [0.4, 0.5) is 0 Å². The minimum Gasteiger partial charge on any atom is -0.492 e. The molecule has 0 saturated carbocycles. The van der Waals surface area contributed by atoms with Gasteiger partial charge in [-0.1, -0.05) is 39.0 Å². The molecule has 2 rings (SSSR count). The molecule has 0 saturated heterocycles. The molecular formula is C20H26N2O2S. The van der Waals surface area contributed by atoms with Gasteiger partial charge in [0.1, 0.15) is 12.4 Å². The van der Waals surface area contributed by atoms with E-state index in [0.717, 1.165) is 17.1 Å². The highest BCUT2D eigenvalue weighted by atomic mass is 32.2. The number of rotatable bonds is 8. The number of aromatic nitrogens is 1. The highest BCUT2D eigenvalue weighted by Gasteiger charge is 2.12. The molecule has 134 valence electrons. The Balaban J connectivity index is 1.60. The van der Waals surface area contributed by atoms with Crippen molar-refractivity contribution in [2.75, 3.05) is 18.9 Å². The molecule has 0 aliphatic heterocycles. The average Bonchev–Trinajstić information content (AvgIpc) is 2.59. The zero-order valence-corrected chi connectivity index (χ0v) is 15.9. The summed E-state index contributed by atoms with van der Waals surface area (Å²) in [5.74, 6) is 2.08. The summed E-state index contributed by atoms with van der Waals surface area (Å²) in [6.07, 6.45) is 3.57. The summed E-state index contributed by atoms with van der Waals surface area (Å²) >= 11 is 1.58. The molecule has 25 heavy (non-hydrogen) atoms. The Morgan fingerprint density at radius 2 is 1.96 bits per heavy atom. The second-order valence-corrected chi connectivity index (χ2v) is 7.81. The van der Waals surface area contributed by atoms with Crippen molar-refractivity contribution in [1.29, 1.82) is 0 Å². The molecule has 0 spiro atoms. The third-order valence-electron chi connectivity index (χ3n) is 3.64. The average molecular weight is 359 g/mol. The Morgan fingerprint density at radius 3 is 2.60 bits per heavy atom. The van der Waals surface area contributed by atoms with Crippen LogP contribution in [0, 0.1) is 0 Å². The Bertz CT molecular complexity index is 652. The van der Waals surface area contributed by atoms with Gasteiger partial charge in [-0.15, -0.1) is 11.8 Å². The smallest absolute Gasteiger partial charge is 0.230 e. The minimum atomic E-state index is 0.0283. The first-order valence-corrected chi connectivity index (χ1v) is 9.57. The second-order valence-electron chi connectivity index (χ2n) is 6.83. The fraction of sp³-hybridized carbons (Fsp3) is 0.400. The SMILES string of the molecule is CC(C)(C)c1ccc(OCCNC(=O)CSCc2cccnc2)cc1. The van der Waals surface area contributed by atoms with Crippen LogP contribution >= 0.6 is 11.8 Å². The van der Waals surface area contributed by atoms with Gasteiger partial charge in [-0.2, -0.15) is 0 Å². The van der Waals surface area contributed by atoms with Crippen LogP contribution in [0.3, 0.4) is 0 Å². The van der Waals surface area contributed by atoms with Gasteiger partial charge in [0.2, 0.25) is 5.91 Å². The van der Waals surface area contributed by atoms with Crippen molar-refractivity contribution in [3.8, 4) is 5.75 Å². The fourth-order valence-electron chi connectivity index (χ4n) is 2.21. The van der Waals surface area contributed by atoms with Crippen molar-refractivity contribution in [2.24, 2.45) is 0 Å². The number of benzene rings is 1. The van der Waals surface area contributed by atoms with E-state index in [1.54, 1.807) is 18.0 Å². The molecule has 1 aromatic carbocycles. The van der Waals surface area contributed by atoms with E-state index in [-0.39, 0.29) is 11.3 Å². The van der Waals surface area contributed by atoms with Gasteiger partial charge in [-0.25, -0.2) is 0 Å². The number of nitrogens with zero attached hydrogens (tertiary/aromatic N) is 1. The van der Waals surface area contributed by atoms with Crippen molar-refractivity contribution >= 4 is 17.7 Å². The number of nitrogens with one attached hydrogen (secondary N) is 1. The van der Waals surface area contributed by atoms with Gasteiger partial charge in [0.25, 0.3) is 0 Å². The Morgan fingerprint density at radius 1 is 1.20 bits per heavy atom. The lowest BCUT2D eigenvalue weighted by Gasteiger charge is -2.19. The zero-order valence-electron chi connectivity index (χ0n) is 15.1. The molecule has 0 fully saturated rings. The third kappa shape index (κ3) is 7.18. The van der Waals surface area contributed by atoms with Crippen LogP contribution in [0.1, 0.15) is 31.9 Å². The van der Waals surface area contributed by atoms with Gasteiger partial charge in [0, 0.05) is 18.1 Å². The van der Waals surface area contributed by atoms with Crippen molar-refractivity contribution < 1.29 is 9.53 Å². The molecule has 1 N–H and O–H groups in total. The first-order chi connectivity index (χ1) is 11.9. The molecule has 2 aromatic rings. The summed E-state index contributed by atoms with van der Waals surface area (Å²) in [6.45, 7) is 7.53. The highest BCUT2D eigenvalue weighted by molar-refractivity contribution is 7.99. The normalized spacial score (nSPS) is 11.2. The van der Waals surface area contributed by atoms with E-state index < -0.39 is 0 Å². The van der Waals surface area contributed by atoms with Gasteiger partial charge >= 0.3 is 0 Å². The molecule has 0 aliphatic carbocycles. The quantitative estimate of drug-likeness (QED) is 0.729. The summed E-state index contributed by atoms with van der Waals surface area (Å²) in [6, 6.07) is 12.0. The molecule has 0 aliphatic rings. The van der Waals surface area contributed by atoms with Crippen LogP contribution in [0.2, 0.25) is 0 Å². The van der Waals surface area contributed by atoms with E-state index in [2.05, 4.69) is 43.2 Å². The number of amides is 1. The fourth-order valence-corrected chi connectivity index (χ4v) is 3.00. The predicted octanol–water partition coefficient (Wildman–Crippen LogP) is 3.81. The number of pyridine rings is 1. The summed E-state index contributed by atoms with van der Waals surface area (Å²) < 4.78 is 5.67. The summed E-state index contributed by atoms with van der Waals surface area (Å²) in [7, 11) is 0. The largest absolute Gasteiger partial charge is 0.492 e. The summed E-state index contributed by atoms with van der Waals surface area (Å²) in [4.78, 5) is 15.9. The number of hydrogen-bond acceptors (Lipinski definition) is 4. The predicted molar refractivity (Wildman–Crippen MR) is 104 cm³/mol. The maximum absolute atomic E-state index is 11.8. The first-order valence-electron chi connectivity index (χ1n) is 8.42. The third-order valence-corrected chi connectivity index (χ3v) is 4.64. The number of hydrogen-bond donors (Lipinski definition) is 1. The van der Waals surface area contributed by atoms with Gasteiger partial charge in [0.15, 0.2) is 0 Å². The van der Waals surface area contributed by atoms with Crippen LogP contribution in [0.5, 0.6) is 5.75 Å². The van der Waals surface area contributed by atoms with Crippen molar-refractivity contribution in [3.05, 3.63) is 59.9 Å². The lowest BCUT2D eigenvalue weighted by molar-refractivity contribution is -0.118. The first kappa shape index (κ1) is 19.3. The van der Waals surface area contributed by atoms with E-state index in [4.69, 9.17) is 4.74 Å². The van der Waals surface area contributed by atoms with E-state index in [0.29, 0.717) is 18.9 Å². The number of carbonyl (C=O) groups excluding carboxylic acids is 1. The molecule has 4 nitrogen and oxygen atoms in total. The number of thioether (sulfide) groups is 1. The van der Waals surface area contributed by atoms with Crippen molar-refractivity contribution in [2.45, 2.75) is 31.9 Å². The molecular weight excluding hydrogens is 332 g/mol. The molecule has 0 bridgehead atoms. The Kier molecular flexibility index (Phi) is 7.31. The monoisotopic (exact) mass is 358 g/mol. The molecule has 1 aromatic heterocycles. The van der Waals surface area contributed by atoms with Gasteiger partial charge in [-0.3, -0.25) is 9.78 Å². The topological polar surface area (TPSA) is 51.2 Å². The van der Waals surface area contributed by atoms with Crippen molar-refractivity contribution in [1.82, 2.24) is 10.3 Å². The number of carbonyl (C=O) groups is 1. The Labute approximate surface area is 154 Å². The maximum Gasteiger partial charge on any atom is 0.230 e. The lowest BCUT2D eigenvalue weighted by atomic mass is 9.87. The van der Waals surface area contributed by atoms with Crippen LogP contribution in [0.25, 0.3) is 0 Å². The standard InChI is InChI=1S/C20H26N2O2S/c1-20(2,3)17-6-8-18(9-7-17)24-12-11-22-19(23)15-25-14-16-5-4-10-21-13-16/h4-10,13H,11-12,14-15H2,1-3H3,(H,22,23). The van der Waals surface area contributed by atoms with Crippen LogP contribution in [-0.4, -0.2) is 29.8 Å². The van der Waals surface area contributed by atoms with Crippen LogP contribution < -0.4 is 10.1 Å². The number of ether oxygens (including phenoxy) is 1. The molecule has 0 radical (unpaired) electrons. The lowest BCUT2D eigenvalue weighted by Crippen LogP contribution is -2.29.